The molecule has 0 unspecified atom stereocenters. The maximum absolute atomic E-state index is 12.6. The lowest BCUT2D eigenvalue weighted by molar-refractivity contribution is -0.107. The van der Waals surface area contributed by atoms with Crippen molar-refractivity contribution in [3.05, 3.63) is 106 Å². The molecule has 2 aromatic carbocycles. The fourth-order valence-corrected chi connectivity index (χ4v) is 8.21. The molecule has 3 fully saturated rings. The molecule has 0 radical (unpaired) electrons. The molecule has 6 rings (SSSR count). The van der Waals surface area contributed by atoms with E-state index in [1.165, 1.54) is 35.2 Å². The number of ether oxygens (including phenoxy) is 1. The van der Waals surface area contributed by atoms with E-state index in [0.717, 1.165) is 107 Å². The second-order valence-corrected chi connectivity index (χ2v) is 15.9. The molecule has 4 heterocycles. The summed E-state index contributed by atoms with van der Waals surface area (Å²) in [7, 11) is 0. The van der Waals surface area contributed by atoms with E-state index in [0.29, 0.717) is 12.5 Å². The number of likely N-dealkylation sites (tertiary alicyclic amines) is 1. The summed E-state index contributed by atoms with van der Waals surface area (Å²) in [5.74, 6) is 0.682. The van der Waals surface area contributed by atoms with Crippen molar-refractivity contribution in [2.45, 2.75) is 66.0 Å². The van der Waals surface area contributed by atoms with Crippen LogP contribution in [0.25, 0.3) is 6.08 Å². The molecule has 2 aromatic rings. The smallest absolute Gasteiger partial charge is 0.410 e. The fourth-order valence-electron chi connectivity index (χ4n) is 8.21. The molecule has 0 aliphatic carbocycles. The van der Waals surface area contributed by atoms with E-state index in [1.54, 1.807) is 0 Å². The van der Waals surface area contributed by atoms with Crippen LogP contribution in [-0.2, 0) is 16.1 Å². The predicted octanol–water partition coefficient (Wildman–Crippen LogP) is 6.91. The SMILES string of the molecule is C/C=C1/CCN(C2=C/NCCN(C(C)(C)C)\C(C=O)=C\2C)C/C1=C/c1ccc(N2CCC(CN3CCN(C(=O)OCc4ccccc4)CC3)CC2)cc1. The summed E-state index contributed by atoms with van der Waals surface area (Å²) in [4.78, 5) is 36.6. The largest absolute Gasteiger partial charge is 0.445 e. The fraction of sp³-hybridized carbons (Fsp3) is 0.500. The van der Waals surface area contributed by atoms with E-state index in [2.05, 4.69) is 102 Å². The van der Waals surface area contributed by atoms with Crippen LogP contribution in [0.4, 0.5) is 10.5 Å². The molecular weight excluding hydrogens is 661 g/mol. The van der Waals surface area contributed by atoms with Gasteiger partial charge in [-0.2, -0.15) is 0 Å². The average molecular weight is 721 g/mol. The number of carbonyl (C=O) groups is 2. The third kappa shape index (κ3) is 9.74. The van der Waals surface area contributed by atoms with Gasteiger partial charge in [-0.25, -0.2) is 4.79 Å². The Labute approximate surface area is 317 Å². The van der Waals surface area contributed by atoms with E-state index in [1.807, 2.05) is 35.2 Å². The molecule has 0 spiro atoms. The molecule has 0 aromatic heterocycles. The van der Waals surface area contributed by atoms with Crippen LogP contribution in [0.3, 0.4) is 0 Å². The lowest BCUT2D eigenvalue weighted by Crippen LogP contribution is -2.50. The summed E-state index contributed by atoms with van der Waals surface area (Å²) < 4.78 is 5.56. The Morgan fingerprint density at radius 2 is 1.60 bits per heavy atom. The molecule has 1 N–H and O–H groups in total. The third-order valence-corrected chi connectivity index (χ3v) is 11.4. The van der Waals surface area contributed by atoms with Crippen molar-refractivity contribution in [2.24, 2.45) is 5.92 Å². The summed E-state index contributed by atoms with van der Waals surface area (Å²) in [5.41, 5.74) is 9.01. The van der Waals surface area contributed by atoms with Gasteiger partial charge in [-0.1, -0.05) is 48.5 Å². The standard InChI is InChI=1S/C44H60N6O3/c1-6-38-18-22-49(41-29-45-19-23-50(44(3,4)5)42(32-51)34(41)2)31-39(38)28-35-12-14-40(15-13-35)47-20-16-36(17-21-47)30-46-24-26-48(27-25-46)43(52)53-33-37-10-8-7-9-11-37/h6-15,28-29,32,36,45H,16-27,30-31,33H2,1-5H3/b38-6-,39-28-,41-29+,42-34+. The van der Waals surface area contributed by atoms with Crippen LogP contribution in [0.1, 0.15) is 65.0 Å². The molecule has 0 bridgehead atoms. The van der Waals surface area contributed by atoms with Crippen molar-refractivity contribution in [1.29, 1.82) is 0 Å². The Morgan fingerprint density at radius 3 is 2.26 bits per heavy atom. The number of nitrogens with one attached hydrogen (secondary N) is 1. The van der Waals surface area contributed by atoms with Gasteiger partial charge in [0, 0.05) is 95.0 Å². The normalized spacial score (nSPS) is 23.7. The Kier molecular flexibility index (Phi) is 12.7. The Bertz CT molecular complexity index is 1670. The van der Waals surface area contributed by atoms with Gasteiger partial charge in [0.2, 0.25) is 0 Å². The third-order valence-electron chi connectivity index (χ3n) is 11.4. The van der Waals surface area contributed by atoms with Crippen LogP contribution in [0, 0.1) is 5.92 Å². The van der Waals surface area contributed by atoms with Gasteiger partial charge >= 0.3 is 6.09 Å². The highest BCUT2D eigenvalue weighted by atomic mass is 16.6. The first-order chi connectivity index (χ1) is 25.6. The second kappa shape index (κ2) is 17.5. The summed E-state index contributed by atoms with van der Waals surface area (Å²) in [6.45, 7) is 20.9. The van der Waals surface area contributed by atoms with E-state index in [9.17, 15) is 9.59 Å². The van der Waals surface area contributed by atoms with Crippen LogP contribution >= 0.6 is 0 Å². The summed E-state index contributed by atoms with van der Waals surface area (Å²) in [5, 5.41) is 3.52. The summed E-state index contributed by atoms with van der Waals surface area (Å²) in [6.07, 6.45) is 10.9. The molecule has 9 nitrogen and oxygen atoms in total. The molecule has 4 aliphatic rings. The minimum atomic E-state index is -0.207. The number of piperidine rings is 2. The van der Waals surface area contributed by atoms with Gasteiger partial charge in [-0.3, -0.25) is 9.69 Å². The van der Waals surface area contributed by atoms with Crippen LogP contribution in [0.5, 0.6) is 0 Å². The van der Waals surface area contributed by atoms with E-state index >= 15 is 0 Å². The van der Waals surface area contributed by atoms with Gasteiger partial charge in [-0.05, 0) is 100 Å². The van der Waals surface area contributed by atoms with Gasteiger partial charge in [-0.15, -0.1) is 0 Å². The topological polar surface area (TPSA) is 71.6 Å². The summed E-state index contributed by atoms with van der Waals surface area (Å²) >= 11 is 0. The van der Waals surface area contributed by atoms with Crippen molar-refractivity contribution in [3.63, 3.8) is 0 Å². The number of amides is 1. The molecule has 1 amide bonds. The van der Waals surface area contributed by atoms with Gasteiger partial charge in [0.1, 0.15) is 6.61 Å². The zero-order valence-corrected chi connectivity index (χ0v) is 32.7. The number of hydrogen-bond acceptors (Lipinski definition) is 8. The highest BCUT2D eigenvalue weighted by Crippen LogP contribution is 2.32. The first-order valence-corrected chi connectivity index (χ1v) is 19.6. The second-order valence-electron chi connectivity index (χ2n) is 15.9. The zero-order chi connectivity index (χ0) is 37.4. The summed E-state index contributed by atoms with van der Waals surface area (Å²) in [6, 6.07) is 19.0. The zero-order valence-electron chi connectivity index (χ0n) is 32.7. The van der Waals surface area contributed by atoms with E-state index in [4.69, 9.17) is 4.74 Å². The minimum absolute atomic E-state index is 0.145. The van der Waals surface area contributed by atoms with Crippen molar-refractivity contribution >= 4 is 24.1 Å². The number of aldehydes is 1. The lowest BCUT2D eigenvalue weighted by Gasteiger charge is -2.41. The first-order valence-electron chi connectivity index (χ1n) is 19.6. The van der Waals surface area contributed by atoms with Crippen molar-refractivity contribution in [1.82, 2.24) is 24.9 Å². The molecule has 0 atom stereocenters. The maximum Gasteiger partial charge on any atom is 0.410 e. The van der Waals surface area contributed by atoms with Crippen LogP contribution in [0.15, 0.2) is 95.0 Å². The maximum atomic E-state index is 12.6. The van der Waals surface area contributed by atoms with Crippen molar-refractivity contribution in [3.8, 4) is 0 Å². The van der Waals surface area contributed by atoms with Gasteiger partial charge in [0.05, 0.1) is 11.4 Å². The number of anilines is 1. The first kappa shape index (κ1) is 38.2. The Balaban J connectivity index is 1.00. The molecule has 4 aliphatic heterocycles. The van der Waals surface area contributed by atoms with Crippen LogP contribution < -0.4 is 10.2 Å². The van der Waals surface area contributed by atoms with E-state index < -0.39 is 0 Å². The molecule has 3 saturated heterocycles. The van der Waals surface area contributed by atoms with Crippen molar-refractivity contribution in [2.75, 3.05) is 76.9 Å². The van der Waals surface area contributed by atoms with Crippen molar-refractivity contribution < 1.29 is 14.3 Å². The number of carbonyl (C=O) groups excluding carboxylic acids is 2. The van der Waals surface area contributed by atoms with Gasteiger partial charge < -0.3 is 29.7 Å². The molecule has 53 heavy (non-hydrogen) atoms. The lowest BCUT2D eigenvalue weighted by atomic mass is 9.93. The predicted molar refractivity (Wildman–Crippen MR) is 215 cm³/mol. The number of allylic oxidation sites excluding steroid dienone is 3. The monoisotopic (exact) mass is 720 g/mol. The molecular formula is C44H60N6O3. The minimum Gasteiger partial charge on any atom is -0.445 e. The van der Waals surface area contributed by atoms with E-state index in [-0.39, 0.29) is 11.6 Å². The number of nitrogens with zero attached hydrogens (tertiary/aromatic N) is 5. The van der Waals surface area contributed by atoms with Crippen LogP contribution in [0.2, 0.25) is 0 Å². The average Bonchev–Trinajstić information content (AvgIpc) is 3.16. The highest BCUT2D eigenvalue weighted by molar-refractivity contribution is 5.76. The Morgan fingerprint density at radius 1 is 0.887 bits per heavy atom. The highest BCUT2D eigenvalue weighted by Gasteiger charge is 2.30. The number of piperazine rings is 1. The number of benzene rings is 2. The van der Waals surface area contributed by atoms with Gasteiger partial charge in [0.15, 0.2) is 6.29 Å². The quantitative estimate of drug-likeness (QED) is 0.295. The van der Waals surface area contributed by atoms with Crippen LogP contribution in [-0.4, -0.2) is 110 Å². The number of hydrogen-bond donors (Lipinski definition) is 1. The number of rotatable bonds is 8. The van der Waals surface area contributed by atoms with Gasteiger partial charge in [0.25, 0.3) is 0 Å². The molecule has 9 heteroatoms. The molecule has 0 saturated carbocycles. The molecule has 284 valence electrons. The Hall–Kier alpha value is -4.50.